The molecule has 0 saturated carbocycles. The van der Waals surface area contributed by atoms with Gasteiger partial charge in [0.1, 0.15) is 16.8 Å². The van der Waals surface area contributed by atoms with Crippen molar-refractivity contribution in [1.29, 1.82) is 5.26 Å². The van der Waals surface area contributed by atoms with Crippen LogP contribution in [0.1, 0.15) is 35.6 Å². The molecule has 8 nitrogen and oxygen atoms in total. The minimum Gasteiger partial charge on any atom is -0.539 e. The van der Waals surface area contributed by atoms with Crippen LogP contribution in [0.5, 0.6) is 11.7 Å². The van der Waals surface area contributed by atoms with Gasteiger partial charge in [0.15, 0.2) is 5.95 Å². The normalized spacial score (nSPS) is 10.8. The molecule has 0 aliphatic rings. The fourth-order valence-corrected chi connectivity index (χ4v) is 3.64. The second kappa shape index (κ2) is 9.41. The topological polar surface area (TPSA) is 116 Å². The molecule has 0 unspecified atom stereocenters. The highest BCUT2D eigenvalue weighted by atomic mass is 32.2. The highest BCUT2D eigenvalue weighted by molar-refractivity contribution is 8.00. The third-order valence-electron chi connectivity index (χ3n) is 4.19. The Morgan fingerprint density at radius 3 is 2.67 bits per heavy atom. The van der Waals surface area contributed by atoms with Crippen LogP contribution < -0.4 is 14.5 Å². The van der Waals surface area contributed by atoms with Crippen LogP contribution in [0.2, 0.25) is 0 Å². The van der Waals surface area contributed by atoms with Gasteiger partial charge in [-0.1, -0.05) is 25.6 Å². The number of nitrogens with zero attached hydrogens (tertiary/aromatic N) is 4. The van der Waals surface area contributed by atoms with Crippen molar-refractivity contribution in [2.75, 3.05) is 12.9 Å². The number of nitriles is 1. The van der Waals surface area contributed by atoms with E-state index in [1.54, 1.807) is 37.4 Å². The van der Waals surface area contributed by atoms with Crippen molar-refractivity contribution in [2.45, 2.75) is 25.3 Å². The van der Waals surface area contributed by atoms with Crippen LogP contribution in [-0.4, -0.2) is 28.9 Å². The quantitative estimate of drug-likeness (QED) is 0.308. The summed E-state index contributed by atoms with van der Waals surface area (Å²) in [6.45, 7) is 4.16. The van der Waals surface area contributed by atoms with E-state index in [9.17, 15) is 15.2 Å². The summed E-state index contributed by atoms with van der Waals surface area (Å²) in [7, 11) is 1.54. The van der Waals surface area contributed by atoms with E-state index in [2.05, 4.69) is 30.2 Å². The molecule has 1 aromatic carbocycles. The van der Waals surface area contributed by atoms with Gasteiger partial charge in [0.2, 0.25) is 11.5 Å². The molecule has 2 aromatic heterocycles. The Morgan fingerprint density at radius 1 is 1.30 bits per heavy atom. The summed E-state index contributed by atoms with van der Waals surface area (Å²) < 4.78 is 11.0. The first kappa shape index (κ1) is 21.3. The van der Waals surface area contributed by atoms with Gasteiger partial charge in [0.05, 0.1) is 23.7 Å². The van der Waals surface area contributed by atoms with Crippen LogP contribution in [0, 0.1) is 17.2 Å². The largest absolute Gasteiger partial charge is 0.539 e. The van der Waals surface area contributed by atoms with Gasteiger partial charge in [0.25, 0.3) is 0 Å². The van der Waals surface area contributed by atoms with Gasteiger partial charge in [0, 0.05) is 17.8 Å². The number of carbonyl (C=O) groups is 1. The maximum atomic E-state index is 12.8. The number of pyridine rings is 1. The molecule has 3 aromatic rings. The molecule has 0 fully saturated rings. The van der Waals surface area contributed by atoms with E-state index in [-0.39, 0.29) is 11.4 Å². The molecule has 3 rings (SSSR count). The Labute approximate surface area is 178 Å². The average Bonchev–Trinajstić information content (AvgIpc) is 3.13. The Morgan fingerprint density at radius 2 is 2.03 bits per heavy atom. The molecule has 0 saturated heterocycles. The third-order valence-corrected chi connectivity index (χ3v) is 5.18. The Balaban J connectivity index is 1.82. The monoisotopic (exact) mass is 424 g/mol. The van der Waals surface area contributed by atoms with Crippen molar-refractivity contribution in [3.05, 3.63) is 53.3 Å². The minimum atomic E-state index is -0.821. The van der Waals surface area contributed by atoms with E-state index >= 15 is 0 Å². The number of Topliss-reactive ketones (excluding diaryl/α,β-unsaturated/α-hetero) is 1. The summed E-state index contributed by atoms with van der Waals surface area (Å²) in [5.74, 6) is -0.335. The molecule has 30 heavy (non-hydrogen) atoms. The van der Waals surface area contributed by atoms with E-state index in [4.69, 9.17) is 9.26 Å². The fraction of sp³-hybridized carbons (Fsp3) is 0.286. The molecular weight excluding hydrogens is 404 g/mol. The molecule has 0 spiro atoms. The summed E-state index contributed by atoms with van der Waals surface area (Å²) in [6.07, 6.45) is 0.765. The lowest BCUT2D eigenvalue weighted by molar-refractivity contribution is -0.672. The number of carbonyl (C=O) groups excluding carboxylic acids is 1. The van der Waals surface area contributed by atoms with Crippen molar-refractivity contribution in [2.24, 2.45) is 5.92 Å². The predicted octanol–water partition coefficient (Wildman–Crippen LogP) is 2.47. The molecule has 0 amide bonds. The molecule has 0 atom stereocenters. The lowest BCUT2D eigenvalue weighted by Crippen LogP contribution is -2.39. The van der Waals surface area contributed by atoms with Crippen molar-refractivity contribution in [3.8, 4) is 23.5 Å². The van der Waals surface area contributed by atoms with Gasteiger partial charge in [-0.3, -0.25) is 4.79 Å². The standard InChI is InChI=1S/C21H20N4O4S/c1-13(2)10-15-5-4-14(11-22)20(23-15)30-12-18(26)19-21(27)29-24-25(19)16-6-8-17(28-3)9-7-16/h4-9,13H,10,12H2,1-3H3. The van der Waals surface area contributed by atoms with Crippen LogP contribution >= 0.6 is 11.8 Å². The Kier molecular flexibility index (Phi) is 6.69. The number of hydrogen-bond acceptors (Lipinski definition) is 8. The van der Waals surface area contributed by atoms with Crippen molar-refractivity contribution in [1.82, 2.24) is 10.3 Å². The van der Waals surface area contributed by atoms with Crippen LogP contribution in [0.4, 0.5) is 0 Å². The SMILES string of the molecule is COc1ccc(-[n+]2noc([O-])c2C(=O)CSc2nc(CC(C)C)ccc2C#N)cc1. The predicted molar refractivity (Wildman–Crippen MR) is 107 cm³/mol. The fourth-order valence-electron chi connectivity index (χ4n) is 2.79. The zero-order valence-electron chi connectivity index (χ0n) is 16.8. The molecular formula is C21H20N4O4S. The van der Waals surface area contributed by atoms with E-state index in [1.807, 2.05) is 6.07 Å². The average molecular weight is 424 g/mol. The second-order valence-electron chi connectivity index (χ2n) is 6.90. The summed E-state index contributed by atoms with van der Waals surface area (Å²) >= 11 is 1.11. The van der Waals surface area contributed by atoms with Gasteiger partial charge in [-0.15, -0.1) is 0 Å². The molecule has 0 aliphatic carbocycles. The molecule has 9 heteroatoms. The second-order valence-corrected chi connectivity index (χ2v) is 7.86. The highest BCUT2D eigenvalue weighted by Gasteiger charge is 2.28. The molecule has 154 valence electrons. The number of rotatable bonds is 8. The number of aromatic nitrogens is 3. The summed E-state index contributed by atoms with van der Waals surface area (Å²) in [4.78, 5) is 17.3. The zero-order valence-corrected chi connectivity index (χ0v) is 17.6. The van der Waals surface area contributed by atoms with Crippen molar-refractivity contribution < 1.29 is 23.8 Å². The maximum absolute atomic E-state index is 12.8. The van der Waals surface area contributed by atoms with Crippen molar-refractivity contribution >= 4 is 17.5 Å². The van der Waals surface area contributed by atoms with E-state index in [1.165, 1.54) is 4.68 Å². The number of ketones is 1. The van der Waals surface area contributed by atoms with Crippen LogP contribution in [0.3, 0.4) is 0 Å². The summed E-state index contributed by atoms with van der Waals surface area (Å²) in [5.41, 5.74) is 1.53. The minimum absolute atomic E-state index is 0.0839. The van der Waals surface area contributed by atoms with Gasteiger partial charge in [-0.05, 0) is 41.3 Å². The molecule has 0 N–H and O–H groups in total. The third kappa shape index (κ3) is 4.78. The van der Waals surface area contributed by atoms with E-state index in [0.717, 1.165) is 23.9 Å². The lowest BCUT2D eigenvalue weighted by Gasteiger charge is -2.07. The number of benzene rings is 1. The van der Waals surface area contributed by atoms with Gasteiger partial charge in [-0.2, -0.15) is 5.26 Å². The number of hydrogen-bond donors (Lipinski definition) is 0. The lowest BCUT2D eigenvalue weighted by atomic mass is 10.1. The molecule has 0 radical (unpaired) electrons. The van der Waals surface area contributed by atoms with E-state index < -0.39 is 11.7 Å². The Bertz CT molecular complexity index is 1090. The number of methoxy groups -OCH3 is 1. The molecule has 0 bridgehead atoms. The first-order chi connectivity index (χ1) is 14.4. The van der Waals surface area contributed by atoms with Crippen LogP contribution in [0.25, 0.3) is 5.69 Å². The van der Waals surface area contributed by atoms with Gasteiger partial charge >= 0.3 is 5.69 Å². The van der Waals surface area contributed by atoms with Crippen LogP contribution in [0.15, 0.2) is 45.9 Å². The Hall–Kier alpha value is -3.38. The van der Waals surface area contributed by atoms with Gasteiger partial charge in [-0.25, -0.2) is 4.98 Å². The number of thioether (sulfide) groups is 1. The van der Waals surface area contributed by atoms with E-state index in [0.29, 0.717) is 27.9 Å². The van der Waals surface area contributed by atoms with Crippen molar-refractivity contribution in [3.63, 3.8) is 0 Å². The summed E-state index contributed by atoms with van der Waals surface area (Å²) in [5, 5.41) is 25.6. The molecule has 2 heterocycles. The highest BCUT2D eigenvalue weighted by Crippen LogP contribution is 2.24. The zero-order chi connectivity index (χ0) is 21.7. The first-order valence-electron chi connectivity index (χ1n) is 9.22. The molecule has 0 aliphatic heterocycles. The number of ether oxygens (including phenoxy) is 1. The van der Waals surface area contributed by atoms with Gasteiger partial charge < -0.3 is 14.4 Å². The maximum Gasteiger partial charge on any atom is 0.307 e. The van der Waals surface area contributed by atoms with Crippen LogP contribution in [-0.2, 0) is 6.42 Å². The smallest absolute Gasteiger partial charge is 0.307 e. The first-order valence-corrected chi connectivity index (χ1v) is 10.2. The summed E-state index contributed by atoms with van der Waals surface area (Å²) in [6, 6.07) is 12.3.